The average Bonchev–Trinajstić information content (AvgIpc) is 2.98. The molecule has 0 atom stereocenters. The normalized spacial score (nSPS) is 15.7. The van der Waals surface area contributed by atoms with Crippen molar-refractivity contribution in [2.24, 2.45) is 0 Å². The fourth-order valence-corrected chi connectivity index (χ4v) is 4.36. The standard InChI is InChI=1S/C19H25N3OS/c1-4-22-15(3)13-17(20-22)19(23)21-11-9-16(10-12-21)24-18-8-6-5-7-14(18)2/h5-8,13,16H,4,9-12H2,1-3H3. The van der Waals surface area contributed by atoms with Gasteiger partial charge in [-0.15, -0.1) is 11.8 Å². The lowest BCUT2D eigenvalue weighted by Gasteiger charge is -2.31. The second kappa shape index (κ2) is 7.43. The van der Waals surface area contributed by atoms with Crippen molar-refractivity contribution >= 4 is 17.7 Å². The average molecular weight is 343 g/mol. The van der Waals surface area contributed by atoms with Gasteiger partial charge in [0.05, 0.1) is 0 Å². The molecule has 1 saturated heterocycles. The van der Waals surface area contributed by atoms with Crippen LogP contribution in [0.15, 0.2) is 35.2 Å². The number of likely N-dealkylation sites (tertiary alicyclic amines) is 1. The van der Waals surface area contributed by atoms with Crippen LogP contribution in [-0.4, -0.2) is 38.9 Å². The largest absolute Gasteiger partial charge is 0.337 e. The molecule has 1 aliphatic heterocycles. The van der Waals surface area contributed by atoms with E-state index in [2.05, 4.69) is 36.3 Å². The molecule has 0 unspecified atom stereocenters. The molecule has 1 aromatic carbocycles. The number of nitrogens with zero attached hydrogens (tertiary/aromatic N) is 3. The van der Waals surface area contributed by atoms with Gasteiger partial charge in [0.1, 0.15) is 0 Å². The van der Waals surface area contributed by atoms with Gasteiger partial charge in [-0.2, -0.15) is 5.10 Å². The maximum absolute atomic E-state index is 12.6. The van der Waals surface area contributed by atoms with Crippen LogP contribution in [0, 0.1) is 13.8 Å². The first-order valence-electron chi connectivity index (χ1n) is 8.64. The molecule has 1 amide bonds. The summed E-state index contributed by atoms with van der Waals surface area (Å²) < 4.78 is 1.88. The minimum atomic E-state index is 0.0737. The van der Waals surface area contributed by atoms with Gasteiger partial charge < -0.3 is 4.90 Å². The van der Waals surface area contributed by atoms with Gasteiger partial charge in [-0.3, -0.25) is 9.48 Å². The summed E-state index contributed by atoms with van der Waals surface area (Å²) in [5.41, 5.74) is 2.96. The minimum absolute atomic E-state index is 0.0737. The lowest BCUT2D eigenvalue weighted by Crippen LogP contribution is -2.39. The van der Waals surface area contributed by atoms with Crippen molar-refractivity contribution in [1.82, 2.24) is 14.7 Å². The molecular weight excluding hydrogens is 318 g/mol. The predicted molar refractivity (Wildman–Crippen MR) is 98.6 cm³/mol. The van der Waals surface area contributed by atoms with E-state index >= 15 is 0 Å². The number of rotatable bonds is 4. The molecule has 4 nitrogen and oxygen atoms in total. The number of aromatic nitrogens is 2. The molecule has 128 valence electrons. The molecule has 0 bridgehead atoms. The van der Waals surface area contributed by atoms with Crippen LogP contribution in [-0.2, 0) is 6.54 Å². The van der Waals surface area contributed by atoms with E-state index in [9.17, 15) is 4.79 Å². The fraction of sp³-hybridized carbons (Fsp3) is 0.474. The zero-order valence-electron chi connectivity index (χ0n) is 14.7. The summed E-state index contributed by atoms with van der Waals surface area (Å²) in [6.45, 7) is 8.64. The van der Waals surface area contributed by atoms with Crippen molar-refractivity contribution in [2.75, 3.05) is 13.1 Å². The van der Waals surface area contributed by atoms with Gasteiger partial charge in [-0.1, -0.05) is 18.2 Å². The Bertz CT molecular complexity index is 717. The highest BCUT2D eigenvalue weighted by molar-refractivity contribution is 8.00. The third-order valence-corrected chi connectivity index (χ3v) is 6.13. The van der Waals surface area contributed by atoms with Crippen molar-refractivity contribution in [1.29, 1.82) is 0 Å². The summed E-state index contributed by atoms with van der Waals surface area (Å²) >= 11 is 1.95. The predicted octanol–water partition coefficient (Wildman–Crippen LogP) is 3.92. The van der Waals surface area contributed by atoms with Crippen LogP contribution in [0.2, 0.25) is 0 Å². The fourth-order valence-electron chi connectivity index (χ4n) is 3.14. The molecule has 3 rings (SSSR count). The van der Waals surface area contributed by atoms with E-state index in [1.165, 1.54) is 10.5 Å². The molecule has 24 heavy (non-hydrogen) atoms. The van der Waals surface area contributed by atoms with E-state index in [0.717, 1.165) is 38.2 Å². The molecule has 0 N–H and O–H groups in total. The zero-order valence-corrected chi connectivity index (χ0v) is 15.5. The molecular formula is C19H25N3OS. The first-order valence-corrected chi connectivity index (χ1v) is 9.52. The van der Waals surface area contributed by atoms with Crippen LogP contribution in [0.25, 0.3) is 0 Å². The number of hydrogen-bond acceptors (Lipinski definition) is 3. The quantitative estimate of drug-likeness (QED) is 0.844. The lowest BCUT2D eigenvalue weighted by atomic mass is 10.1. The highest BCUT2D eigenvalue weighted by Gasteiger charge is 2.26. The van der Waals surface area contributed by atoms with Gasteiger partial charge in [-0.25, -0.2) is 0 Å². The Labute approximate surface area is 148 Å². The second-order valence-corrected chi connectivity index (χ2v) is 7.70. The van der Waals surface area contributed by atoms with Crippen molar-refractivity contribution in [3.63, 3.8) is 0 Å². The first kappa shape index (κ1) is 17.1. The number of carbonyl (C=O) groups excluding carboxylic acids is 1. The van der Waals surface area contributed by atoms with Crippen LogP contribution in [0.1, 0.15) is 41.5 Å². The Morgan fingerprint density at radius 1 is 1.25 bits per heavy atom. The summed E-state index contributed by atoms with van der Waals surface area (Å²) in [7, 11) is 0. The Kier molecular flexibility index (Phi) is 5.29. The lowest BCUT2D eigenvalue weighted by molar-refractivity contribution is 0.0720. The monoisotopic (exact) mass is 343 g/mol. The SMILES string of the molecule is CCn1nc(C(=O)N2CCC(Sc3ccccc3C)CC2)cc1C. The van der Waals surface area contributed by atoms with E-state index in [1.807, 2.05) is 41.3 Å². The maximum atomic E-state index is 12.6. The van der Waals surface area contributed by atoms with Crippen LogP contribution < -0.4 is 0 Å². The van der Waals surface area contributed by atoms with Crippen LogP contribution in [0.3, 0.4) is 0 Å². The topological polar surface area (TPSA) is 38.1 Å². The van der Waals surface area contributed by atoms with E-state index in [4.69, 9.17) is 0 Å². The molecule has 0 saturated carbocycles. The molecule has 0 radical (unpaired) electrons. The number of aryl methyl sites for hydroxylation is 3. The zero-order chi connectivity index (χ0) is 17.1. The number of piperidine rings is 1. The van der Waals surface area contributed by atoms with Gasteiger partial charge in [0.25, 0.3) is 5.91 Å². The third-order valence-electron chi connectivity index (χ3n) is 4.62. The molecule has 2 aromatic rings. The van der Waals surface area contributed by atoms with E-state index < -0.39 is 0 Å². The molecule has 0 aliphatic carbocycles. The Morgan fingerprint density at radius 3 is 2.58 bits per heavy atom. The van der Waals surface area contributed by atoms with Crippen LogP contribution >= 0.6 is 11.8 Å². The summed E-state index contributed by atoms with van der Waals surface area (Å²) in [5.74, 6) is 0.0737. The van der Waals surface area contributed by atoms with E-state index in [-0.39, 0.29) is 5.91 Å². The molecule has 1 aliphatic rings. The van der Waals surface area contributed by atoms with Crippen molar-refractivity contribution in [3.8, 4) is 0 Å². The van der Waals surface area contributed by atoms with Crippen molar-refractivity contribution < 1.29 is 4.79 Å². The van der Waals surface area contributed by atoms with E-state index in [0.29, 0.717) is 10.9 Å². The Morgan fingerprint density at radius 2 is 1.96 bits per heavy atom. The molecule has 1 aromatic heterocycles. The minimum Gasteiger partial charge on any atom is -0.337 e. The van der Waals surface area contributed by atoms with E-state index in [1.54, 1.807) is 0 Å². The smallest absolute Gasteiger partial charge is 0.274 e. The number of amides is 1. The molecule has 2 heterocycles. The summed E-state index contributed by atoms with van der Waals surface area (Å²) in [5, 5.41) is 5.01. The maximum Gasteiger partial charge on any atom is 0.274 e. The van der Waals surface area contributed by atoms with Gasteiger partial charge in [0.2, 0.25) is 0 Å². The molecule has 0 spiro atoms. The summed E-state index contributed by atoms with van der Waals surface area (Å²) in [6.07, 6.45) is 2.08. The number of thioether (sulfide) groups is 1. The third kappa shape index (κ3) is 3.66. The van der Waals surface area contributed by atoms with Gasteiger partial charge in [0.15, 0.2) is 5.69 Å². The van der Waals surface area contributed by atoms with Gasteiger partial charge in [0, 0.05) is 35.5 Å². The second-order valence-electron chi connectivity index (χ2n) is 6.36. The van der Waals surface area contributed by atoms with Gasteiger partial charge in [-0.05, 0) is 51.3 Å². The van der Waals surface area contributed by atoms with Crippen molar-refractivity contribution in [2.45, 2.75) is 50.3 Å². The van der Waals surface area contributed by atoms with Crippen LogP contribution in [0.4, 0.5) is 0 Å². The van der Waals surface area contributed by atoms with Crippen LogP contribution in [0.5, 0.6) is 0 Å². The molecule has 1 fully saturated rings. The number of hydrogen-bond donors (Lipinski definition) is 0. The number of benzene rings is 1. The Balaban J connectivity index is 1.58. The van der Waals surface area contributed by atoms with Crippen molar-refractivity contribution in [3.05, 3.63) is 47.3 Å². The molecule has 5 heteroatoms. The van der Waals surface area contributed by atoms with Gasteiger partial charge >= 0.3 is 0 Å². The number of carbonyl (C=O) groups is 1. The summed E-state index contributed by atoms with van der Waals surface area (Å²) in [4.78, 5) is 16.0. The highest BCUT2D eigenvalue weighted by atomic mass is 32.2. The first-order chi connectivity index (χ1) is 11.6. The Hall–Kier alpha value is -1.75. The highest BCUT2D eigenvalue weighted by Crippen LogP contribution is 2.32. The summed E-state index contributed by atoms with van der Waals surface area (Å²) in [6, 6.07) is 10.4.